The first-order valence-electron chi connectivity index (χ1n) is 7.30. The number of ether oxygens (including phenoxy) is 2. The molecule has 1 N–H and O–H groups in total. The number of benzene rings is 1. The Balaban J connectivity index is 2.89. The molecule has 4 heteroatoms. The molecule has 3 nitrogen and oxygen atoms in total. The van der Waals surface area contributed by atoms with E-state index < -0.39 is 0 Å². The average Bonchev–Trinajstić information content (AvgIpc) is 2.42. The average molecular weight is 297 g/mol. The molecule has 0 saturated heterocycles. The summed E-state index contributed by atoms with van der Waals surface area (Å²) >= 11 is 1.96. The maximum absolute atomic E-state index is 5.69. The van der Waals surface area contributed by atoms with Crippen LogP contribution in [0.5, 0.6) is 11.5 Å². The first-order chi connectivity index (χ1) is 9.62. The van der Waals surface area contributed by atoms with E-state index in [9.17, 15) is 0 Å². The highest BCUT2D eigenvalue weighted by Crippen LogP contribution is 2.32. The van der Waals surface area contributed by atoms with Gasteiger partial charge in [-0.1, -0.05) is 19.9 Å². The van der Waals surface area contributed by atoms with Crippen LogP contribution in [-0.2, 0) is 0 Å². The molecule has 20 heavy (non-hydrogen) atoms. The second-order valence-corrected chi connectivity index (χ2v) is 6.41. The Morgan fingerprint density at radius 1 is 1.10 bits per heavy atom. The molecule has 0 fully saturated rings. The minimum absolute atomic E-state index is 0.331. The van der Waals surface area contributed by atoms with Crippen LogP contribution >= 0.6 is 11.8 Å². The maximum atomic E-state index is 5.69. The van der Waals surface area contributed by atoms with Crippen molar-refractivity contribution in [1.82, 2.24) is 5.32 Å². The Morgan fingerprint density at radius 2 is 1.75 bits per heavy atom. The van der Waals surface area contributed by atoms with Gasteiger partial charge in [-0.2, -0.15) is 11.8 Å². The molecule has 1 atom stereocenters. The predicted molar refractivity (Wildman–Crippen MR) is 88.2 cm³/mol. The summed E-state index contributed by atoms with van der Waals surface area (Å²) in [5.41, 5.74) is 1.24. The van der Waals surface area contributed by atoms with E-state index in [2.05, 4.69) is 31.3 Å². The fourth-order valence-corrected chi connectivity index (χ4v) is 2.86. The number of thioether (sulfide) groups is 1. The molecule has 0 heterocycles. The van der Waals surface area contributed by atoms with Crippen LogP contribution in [0.3, 0.4) is 0 Å². The van der Waals surface area contributed by atoms with Crippen LogP contribution in [0, 0.1) is 0 Å². The fourth-order valence-electron chi connectivity index (χ4n) is 1.92. The van der Waals surface area contributed by atoms with E-state index in [1.165, 1.54) is 5.56 Å². The van der Waals surface area contributed by atoms with Gasteiger partial charge in [0, 0.05) is 11.8 Å². The van der Waals surface area contributed by atoms with Crippen LogP contribution in [0.1, 0.15) is 39.3 Å². The molecule has 1 rings (SSSR count). The van der Waals surface area contributed by atoms with E-state index in [0.717, 1.165) is 17.3 Å². The van der Waals surface area contributed by atoms with Gasteiger partial charge in [0.15, 0.2) is 11.5 Å². The van der Waals surface area contributed by atoms with Crippen molar-refractivity contribution in [2.75, 3.05) is 26.0 Å². The molecule has 0 aromatic heterocycles. The molecule has 0 aliphatic carbocycles. The molecule has 0 radical (unpaired) electrons. The summed E-state index contributed by atoms with van der Waals surface area (Å²) in [4.78, 5) is 0. The van der Waals surface area contributed by atoms with Crippen LogP contribution in [0.15, 0.2) is 18.2 Å². The Morgan fingerprint density at radius 3 is 2.30 bits per heavy atom. The van der Waals surface area contributed by atoms with Gasteiger partial charge in [0.1, 0.15) is 0 Å². The van der Waals surface area contributed by atoms with Crippen molar-refractivity contribution >= 4 is 11.8 Å². The fraction of sp³-hybridized carbons (Fsp3) is 0.625. The standard InChI is InChI=1S/C16H27NO2S/c1-6-18-15-9-8-13(10-16(15)19-7-2)14(17-5)11-20-12(3)4/h8-10,12,14,17H,6-7,11H2,1-5H3. The van der Waals surface area contributed by atoms with Crippen LogP contribution < -0.4 is 14.8 Å². The smallest absolute Gasteiger partial charge is 0.161 e. The monoisotopic (exact) mass is 297 g/mol. The van der Waals surface area contributed by atoms with Gasteiger partial charge in [-0.15, -0.1) is 0 Å². The van der Waals surface area contributed by atoms with Gasteiger partial charge in [-0.25, -0.2) is 0 Å². The van der Waals surface area contributed by atoms with E-state index in [1.807, 2.05) is 38.7 Å². The first-order valence-corrected chi connectivity index (χ1v) is 8.35. The van der Waals surface area contributed by atoms with Crippen molar-refractivity contribution in [3.63, 3.8) is 0 Å². The lowest BCUT2D eigenvalue weighted by atomic mass is 10.1. The third kappa shape index (κ3) is 5.25. The quantitative estimate of drug-likeness (QED) is 0.749. The van der Waals surface area contributed by atoms with E-state index in [0.29, 0.717) is 24.5 Å². The van der Waals surface area contributed by atoms with E-state index in [4.69, 9.17) is 9.47 Å². The van der Waals surface area contributed by atoms with E-state index in [1.54, 1.807) is 0 Å². The zero-order valence-corrected chi connectivity index (χ0v) is 14.0. The number of hydrogen-bond acceptors (Lipinski definition) is 4. The molecule has 1 unspecified atom stereocenters. The molecule has 0 aliphatic heterocycles. The topological polar surface area (TPSA) is 30.5 Å². The summed E-state index contributed by atoms with van der Waals surface area (Å²) < 4.78 is 11.3. The van der Waals surface area contributed by atoms with Crippen molar-refractivity contribution < 1.29 is 9.47 Å². The van der Waals surface area contributed by atoms with Gasteiger partial charge in [-0.3, -0.25) is 0 Å². The predicted octanol–water partition coefficient (Wildman–Crippen LogP) is 3.89. The van der Waals surface area contributed by atoms with Gasteiger partial charge in [0.05, 0.1) is 13.2 Å². The molecule has 0 aliphatic rings. The highest BCUT2D eigenvalue weighted by Gasteiger charge is 2.14. The minimum Gasteiger partial charge on any atom is -0.490 e. The summed E-state index contributed by atoms with van der Waals surface area (Å²) in [6, 6.07) is 6.55. The molecule has 0 bridgehead atoms. The Labute approximate surface area is 127 Å². The van der Waals surface area contributed by atoms with E-state index >= 15 is 0 Å². The van der Waals surface area contributed by atoms with Gasteiger partial charge >= 0.3 is 0 Å². The van der Waals surface area contributed by atoms with Gasteiger partial charge in [-0.05, 0) is 43.8 Å². The SMILES string of the molecule is CCOc1ccc(C(CSC(C)C)NC)cc1OCC. The Kier molecular flexibility index (Phi) is 7.85. The van der Waals surface area contributed by atoms with Crippen molar-refractivity contribution in [2.24, 2.45) is 0 Å². The summed E-state index contributed by atoms with van der Waals surface area (Å²) in [6.07, 6.45) is 0. The number of nitrogens with one attached hydrogen (secondary N) is 1. The molecule has 1 aromatic rings. The summed E-state index contributed by atoms with van der Waals surface area (Å²) in [5.74, 6) is 2.71. The molecule has 1 aromatic carbocycles. The van der Waals surface area contributed by atoms with Crippen molar-refractivity contribution in [1.29, 1.82) is 0 Å². The Bertz CT molecular complexity index is 396. The third-order valence-corrected chi connectivity index (χ3v) is 4.11. The second kappa shape index (κ2) is 9.14. The van der Waals surface area contributed by atoms with Gasteiger partial charge < -0.3 is 14.8 Å². The van der Waals surface area contributed by atoms with Crippen molar-refractivity contribution in [3.05, 3.63) is 23.8 Å². The maximum Gasteiger partial charge on any atom is 0.161 e. The summed E-state index contributed by atoms with van der Waals surface area (Å²) in [5, 5.41) is 4.02. The Hall–Kier alpha value is -0.870. The van der Waals surface area contributed by atoms with E-state index in [-0.39, 0.29) is 0 Å². The van der Waals surface area contributed by atoms with Gasteiger partial charge in [0.25, 0.3) is 0 Å². The lowest BCUT2D eigenvalue weighted by molar-refractivity contribution is 0.287. The minimum atomic E-state index is 0.331. The molecule has 0 saturated carbocycles. The zero-order valence-electron chi connectivity index (χ0n) is 13.2. The second-order valence-electron chi connectivity index (χ2n) is 4.80. The molecular weight excluding hydrogens is 270 g/mol. The number of rotatable bonds is 9. The van der Waals surface area contributed by atoms with Crippen LogP contribution in [-0.4, -0.2) is 31.3 Å². The molecule has 0 amide bonds. The lowest BCUT2D eigenvalue weighted by Gasteiger charge is -2.19. The van der Waals surface area contributed by atoms with Crippen molar-refractivity contribution in [3.8, 4) is 11.5 Å². The summed E-state index contributed by atoms with van der Waals surface area (Å²) in [7, 11) is 2.00. The van der Waals surface area contributed by atoms with Crippen molar-refractivity contribution in [2.45, 2.75) is 39.0 Å². The highest BCUT2D eigenvalue weighted by atomic mass is 32.2. The highest BCUT2D eigenvalue weighted by molar-refractivity contribution is 7.99. The third-order valence-electron chi connectivity index (χ3n) is 2.91. The largest absolute Gasteiger partial charge is 0.490 e. The first kappa shape index (κ1) is 17.2. The van der Waals surface area contributed by atoms with Crippen LogP contribution in [0.2, 0.25) is 0 Å². The van der Waals surface area contributed by atoms with Gasteiger partial charge in [0.2, 0.25) is 0 Å². The molecule has 114 valence electrons. The summed E-state index contributed by atoms with van der Waals surface area (Å²) in [6.45, 7) is 9.72. The molecule has 0 spiro atoms. The molecular formula is C16H27NO2S. The number of hydrogen-bond donors (Lipinski definition) is 1. The lowest BCUT2D eigenvalue weighted by Crippen LogP contribution is -2.19. The normalized spacial score (nSPS) is 12.5. The van der Waals surface area contributed by atoms with Crippen LogP contribution in [0.4, 0.5) is 0 Å². The zero-order chi connectivity index (χ0) is 15.0. The van der Waals surface area contributed by atoms with Crippen LogP contribution in [0.25, 0.3) is 0 Å².